The van der Waals surface area contributed by atoms with Gasteiger partial charge in [0.2, 0.25) is 10.0 Å². The second kappa shape index (κ2) is 10.7. The van der Waals surface area contributed by atoms with E-state index in [-0.39, 0.29) is 24.4 Å². The maximum absolute atomic E-state index is 12.8. The number of nitrogens with one attached hydrogen (secondary N) is 1. The molecule has 3 aromatic rings. The number of pyridine rings is 1. The van der Waals surface area contributed by atoms with Crippen LogP contribution >= 0.6 is 0 Å². The highest BCUT2D eigenvalue weighted by molar-refractivity contribution is 7.89. The Morgan fingerprint density at radius 2 is 1.82 bits per heavy atom. The number of benzene rings is 2. The van der Waals surface area contributed by atoms with Gasteiger partial charge in [0, 0.05) is 36.3 Å². The highest BCUT2D eigenvalue weighted by atomic mass is 32.2. The van der Waals surface area contributed by atoms with Crippen molar-refractivity contribution in [2.45, 2.75) is 17.7 Å². The maximum Gasteiger partial charge on any atom is 0.306 e. The first-order chi connectivity index (χ1) is 16.4. The third kappa shape index (κ3) is 5.96. The van der Waals surface area contributed by atoms with Crippen molar-refractivity contribution in [3.8, 4) is 0 Å². The van der Waals surface area contributed by atoms with Gasteiger partial charge < -0.3 is 14.8 Å². The van der Waals surface area contributed by atoms with Crippen LogP contribution in [0, 0.1) is 0 Å². The van der Waals surface area contributed by atoms with Gasteiger partial charge in [0.15, 0.2) is 6.61 Å². The topological polar surface area (TPSA) is 115 Å². The molecule has 4 rings (SSSR count). The number of para-hydroxylation sites is 1. The van der Waals surface area contributed by atoms with Crippen molar-refractivity contribution in [3.63, 3.8) is 0 Å². The van der Waals surface area contributed by atoms with E-state index in [1.54, 1.807) is 12.1 Å². The third-order valence-electron chi connectivity index (χ3n) is 5.33. The van der Waals surface area contributed by atoms with E-state index in [4.69, 9.17) is 9.47 Å². The smallest absolute Gasteiger partial charge is 0.306 e. The lowest BCUT2D eigenvalue weighted by atomic mass is 10.1. The van der Waals surface area contributed by atoms with Gasteiger partial charge >= 0.3 is 5.97 Å². The minimum absolute atomic E-state index is 0.0760. The molecule has 1 saturated heterocycles. The second-order valence-electron chi connectivity index (χ2n) is 7.75. The molecule has 9 nitrogen and oxygen atoms in total. The summed E-state index contributed by atoms with van der Waals surface area (Å²) in [7, 11) is -3.68. The molecule has 0 saturated carbocycles. The number of carbonyl (C=O) groups excluding carboxylic acids is 2. The second-order valence-corrected chi connectivity index (χ2v) is 9.69. The minimum atomic E-state index is -3.68. The summed E-state index contributed by atoms with van der Waals surface area (Å²) in [4.78, 5) is 28.9. The van der Waals surface area contributed by atoms with E-state index in [2.05, 4.69) is 10.3 Å². The fourth-order valence-corrected chi connectivity index (χ4v) is 5.02. The van der Waals surface area contributed by atoms with Crippen LogP contribution in [-0.2, 0) is 35.5 Å². The molecule has 34 heavy (non-hydrogen) atoms. The summed E-state index contributed by atoms with van der Waals surface area (Å²) in [6, 6.07) is 17.5. The molecule has 1 aromatic heterocycles. The number of carbonyl (C=O) groups is 2. The van der Waals surface area contributed by atoms with E-state index in [0.29, 0.717) is 25.3 Å². The Kier molecular flexibility index (Phi) is 7.51. The minimum Gasteiger partial charge on any atom is -0.456 e. The summed E-state index contributed by atoms with van der Waals surface area (Å²) in [5.41, 5.74) is 1.92. The number of nitrogens with zero attached hydrogens (tertiary/aromatic N) is 2. The fraction of sp³-hybridized carbons (Fsp3) is 0.292. The van der Waals surface area contributed by atoms with Gasteiger partial charge in [0.25, 0.3) is 5.91 Å². The molecule has 0 unspecified atom stereocenters. The highest BCUT2D eigenvalue weighted by Gasteiger charge is 2.26. The third-order valence-corrected chi connectivity index (χ3v) is 7.23. The predicted molar refractivity (Wildman–Crippen MR) is 126 cm³/mol. The van der Waals surface area contributed by atoms with Gasteiger partial charge in [-0.25, -0.2) is 8.42 Å². The van der Waals surface area contributed by atoms with E-state index < -0.39 is 28.5 Å². The van der Waals surface area contributed by atoms with E-state index in [0.717, 1.165) is 16.6 Å². The normalized spacial score (nSPS) is 14.6. The predicted octanol–water partition coefficient (Wildman–Crippen LogP) is 2.37. The Morgan fingerprint density at radius 1 is 1.03 bits per heavy atom. The fourth-order valence-electron chi connectivity index (χ4n) is 3.56. The molecular formula is C24H25N3O6S. The average Bonchev–Trinajstić information content (AvgIpc) is 2.87. The number of sulfonamides is 1. The molecule has 2 aromatic carbocycles. The monoisotopic (exact) mass is 483 g/mol. The van der Waals surface area contributed by atoms with Crippen LogP contribution in [0.3, 0.4) is 0 Å². The zero-order valence-electron chi connectivity index (χ0n) is 18.5. The van der Waals surface area contributed by atoms with Crippen LogP contribution in [0.25, 0.3) is 10.9 Å². The average molecular weight is 484 g/mol. The molecule has 0 bridgehead atoms. The molecule has 2 heterocycles. The van der Waals surface area contributed by atoms with Crippen LogP contribution in [0.2, 0.25) is 0 Å². The molecule has 0 aliphatic carbocycles. The first-order valence-electron chi connectivity index (χ1n) is 10.9. The number of ether oxygens (including phenoxy) is 2. The number of fused-ring (bicyclic) bond motifs is 1. The van der Waals surface area contributed by atoms with Crippen LogP contribution in [0.5, 0.6) is 0 Å². The Balaban J connectivity index is 1.27. The molecule has 0 radical (unpaired) electrons. The molecule has 1 fully saturated rings. The van der Waals surface area contributed by atoms with Crippen LogP contribution in [0.15, 0.2) is 65.6 Å². The lowest BCUT2D eigenvalue weighted by molar-refractivity contribution is -0.147. The lowest BCUT2D eigenvalue weighted by Crippen LogP contribution is -2.40. The Bertz CT molecular complexity index is 1290. The number of hydrogen-bond donors (Lipinski definition) is 1. The first-order valence-corrected chi connectivity index (χ1v) is 12.3. The number of aromatic nitrogens is 1. The Hall–Kier alpha value is -3.34. The van der Waals surface area contributed by atoms with Crippen LogP contribution in [0.1, 0.15) is 12.1 Å². The number of hydrogen-bond acceptors (Lipinski definition) is 7. The zero-order valence-corrected chi connectivity index (χ0v) is 19.3. The Labute approximate surface area is 197 Å². The number of anilines is 1. The van der Waals surface area contributed by atoms with Gasteiger partial charge in [0.05, 0.1) is 30.0 Å². The number of rotatable bonds is 8. The van der Waals surface area contributed by atoms with Crippen LogP contribution in [-0.4, -0.2) is 62.5 Å². The number of morpholine rings is 1. The summed E-state index contributed by atoms with van der Waals surface area (Å²) >= 11 is 0. The van der Waals surface area contributed by atoms with Gasteiger partial charge in [-0.05, 0) is 30.3 Å². The molecule has 1 amide bonds. The molecular weight excluding hydrogens is 458 g/mol. The van der Waals surface area contributed by atoms with Crippen molar-refractivity contribution < 1.29 is 27.5 Å². The van der Waals surface area contributed by atoms with Gasteiger partial charge in [-0.15, -0.1) is 0 Å². The maximum atomic E-state index is 12.8. The van der Waals surface area contributed by atoms with Crippen LogP contribution < -0.4 is 5.32 Å². The molecule has 0 spiro atoms. The first kappa shape index (κ1) is 23.8. The molecule has 1 aliphatic heterocycles. The summed E-state index contributed by atoms with van der Waals surface area (Å²) in [6.45, 7) is 0.785. The summed E-state index contributed by atoms with van der Waals surface area (Å²) in [5, 5.41) is 3.59. The summed E-state index contributed by atoms with van der Waals surface area (Å²) < 4.78 is 37.2. The van der Waals surface area contributed by atoms with Crippen molar-refractivity contribution in [2.24, 2.45) is 0 Å². The highest BCUT2D eigenvalue weighted by Crippen LogP contribution is 2.20. The zero-order chi connectivity index (χ0) is 24.0. The quantitative estimate of drug-likeness (QED) is 0.489. The largest absolute Gasteiger partial charge is 0.456 e. The molecule has 178 valence electrons. The van der Waals surface area contributed by atoms with Gasteiger partial charge in [0.1, 0.15) is 0 Å². The number of esters is 1. The van der Waals surface area contributed by atoms with E-state index in [1.165, 1.54) is 16.4 Å². The van der Waals surface area contributed by atoms with E-state index in [9.17, 15) is 18.0 Å². The molecule has 1 N–H and O–H groups in total. The van der Waals surface area contributed by atoms with Crippen molar-refractivity contribution in [3.05, 3.63) is 66.4 Å². The van der Waals surface area contributed by atoms with Gasteiger partial charge in [-0.1, -0.05) is 30.3 Å². The van der Waals surface area contributed by atoms with Crippen molar-refractivity contribution >= 4 is 38.5 Å². The summed E-state index contributed by atoms with van der Waals surface area (Å²) in [5.74, 6) is -1.08. The van der Waals surface area contributed by atoms with Crippen LogP contribution in [0.4, 0.5) is 5.69 Å². The van der Waals surface area contributed by atoms with E-state index >= 15 is 0 Å². The van der Waals surface area contributed by atoms with Crippen molar-refractivity contribution in [1.82, 2.24) is 9.29 Å². The molecule has 0 atom stereocenters. The standard InChI is InChI=1S/C24H25N3O6S/c28-23(17-33-24(29)11-10-19-9-8-18-4-1-2-7-22(18)25-19)26-20-5-3-6-21(16-20)34(30,31)27-12-14-32-15-13-27/h1-9,16H,10-15,17H2,(H,26,28). The van der Waals surface area contributed by atoms with E-state index in [1.807, 2.05) is 36.4 Å². The SMILES string of the molecule is O=C(COC(=O)CCc1ccc2ccccc2n1)Nc1cccc(S(=O)(=O)N2CCOCC2)c1. The Morgan fingerprint density at radius 3 is 2.65 bits per heavy atom. The van der Waals surface area contributed by atoms with Gasteiger partial charge in [-0.2, -0.15) is 4.31 Å². The number of aryl methyl sites for hydroxylation is 1. The lowest BCUT2D eigenvalue weighted by Gasteiger charge is -2.26. The molecule has 10 heteroatoms. The van der Waals surface area contributed by atoms with Crippen molar-refractivity contribution in [1.29, 1.82) is 0 Å². The van der Waals surface area contributed by atoms with Gasteiger partial charge in [-0.3, -0.25) is 14.6 Å². The molecule has 1 aliphatic rings. The number of amides is 1. The summed E-state index contributed by atoms with van der Waals surface area (Å²) in [6.07, 6.45) is 0.485. The van der Waals surface area contributed by atoms with Crippen molar-refractivity contribution in [2.75, 3.05) is 38.2 Å².